The third-order valence-electron chi connectivity index (χ3n) is 4.44. The van der Waals surface area contributed by atoms with E-state index in [0.29, 0.717) is 29.6 Å². The molecule has 5 nitrogen and oxygen atoms in total. The lowest BCUT2D eigenvalue weighted by atomic mass is 10.1. The summed E-state index contributed by atoms with van der Waals surface area (Å²) in [6, 6.07) is 11.6. The fourth-order valence-electron chi connectivity index (χ4n) is 3.10. The number of aromatic nitrogens is 2. The molecule has 1 unspecified atom stereocenters. The number of pyridine rings is 1. The van der Waals surface area contributed by atoms with Crippen molar-refractivity contribution >= 4 is 28.8 Å². The molecule has 3 heterocycles. The molecule has 0 radical (unpaired) electrons. The minimum atomic E-state index is -0.0881. The van der Waals surface area contributed by atoms with Crippen LogP contribution in [0.3, 0.4) is 0 Å². The number of thiazole rings is 1. The Kier molecular flexibility index (Phi) is 5.36. The number of rotatable bonds is 4. The number of hydrogen-bond donors (Lipinski definition) is 0. The summed E-state index contributed by atoms with van der Waals surface area (Å²) in [7, 11) is 0. The monoisotopic (exact) mass is 399 g/mol. The van der Waals surface area contributed by atoms with Gasteiger partial charge in [0, 0.05) is 35.9 Å². The van der Waals surface area contributed by atoms with E-state index < -0.39 is 0 Å². The Morgan fingerprint density at radius 2 is 2.11 bits per heavy atom. The molecule has 2 aromatic heterocycles. The summed E-state index contributed by atoms with van der Waals surface area (Å²) in [5.74, 6) is 0.550. The molecule has 138 valence electrons. The maximum absolute atomic E-state index is 12.9. The quantitative estimate of drug-likeness (QED) is 0.646. The fourth-order valence-corrected chi connectivity index (χ4v) is 4.07. The first-order valence-electron chi connectivity index (χ1n) is 8.77. The van der Waals surface area contributed by atoms with Gasteiger partial charge in [-0.05, 0) is 12.8 Å². The lowest BCUT2D eigenvalue weighted by Gasteiger charge is -2.32. The Morgan fingerprint density at radius 1 is 1.26 bits per heavy atom. The number of likely N-dealkylation sites (tertiary alicyclic amines) is 1. The maximum Gasteiger partial charge on any atom is 0.273 e. The molecule has 1 atom stereocenters. The van der Waals surface area contributed by atoms with Gasteiger partial charge in [0.2, 0.25) is 0 Å². The molecule has 1 aliphatic heterocycles. The van der Waals surface area contributed by atoms with Crippen LogP contribution in [-0.4, -0.2) is 40.0 Å². The van der Waals surface area contributed by atoms with Crippen molar-refractivity contribution in [3.63, 3.8) is 0 Å². The Morgan fingerprint density at radius 3 is 2.93 bits per heavy atom. The van der Waals surface area contributed by atoms with E-state index in [4.69, 9.17) is 16.3 Å². The zero-order valence-corrected chi connectivity index (χ0v) is 16.1. The van der Waals surface area contributed by atoms with E-state index in [1.165, 1.54) is 11.3 Å². The summed E-state index contributed by atoms with van der Waals surface area (Å²) in [6.07, 6.45) is 4.88. The fraction of sp³-hybridized carbons (Fsp3) is 0.250. The Labute approximate surface area is 166 Å². The van der Waals surface area contributed by atoms with E-state index in [9.17, 15) is 4.79 Å². The number of ether oxygens (including phenoxy) is 1. The first kappa shape index (κ1) is 17.9. The number of piperidine rings is 1. The van der Waals surface area contributed by atoms with Gasteiger partial charge in [-0.1, -0.05) is 41.9 Å². The van der Waals surface area contributed by atoms with Crippen LogP contribution in [0.25, 0.3) is 10.6 Å². The predicted octanol–water partition coefficient (Wildman–Crippen LogP) is 4.54. The first-order chi connectivity index (χ1) is 13.2. The Hall–Kier alpha value is -2.44. The standard InChI is InChI=1S/C20H18ClN3O2S/c21-16-11-22-9-8-18(16)26-15-7-4-10-24(12-15)20(25)17-13-27-19(23-17)14-5-2-1-3-6-14/h1-3,5-6,8-9,11,13,15H,4,7,10,12H2. The first-order valence-corrected chi connectivity index (χ1v) is 10.0. The van der Waals surface area contributed by atoms with Gasteiger partial charge < -0.3 is 9.64 Å². The highest BCUT2D eigenvalue weighted by molar-refractivity contribution is 7.13. The van der Waals surface area contributed by atoms with Gasteiger partial charge in [-0.3, -0.25) is 9.78 Å². The van der Waals surface area contributed by atoms with Gasteiger partial charge in [0.15, 0.2) is 0 Å². The lowest BCUT2D eigenvalue weighted by molar-refractivity contribution is 0.0533. The molecule has 1 aromatic carbocycles. The van der Waals surface area contributed by atoms with Gasteiger partial charge in [-0.2, -0.15) is 0 Å². The lowest BCUT2D eigenvalue weighted by Crippen LogP contribution is -2.44. The molecule has 3 aromatic rings. The Bertz CT molecular complexity index is 932. The van der Waals surface area contributed by atoms with Crippen LogP contribution >= 0.6 is 22.9 Å². The number of halogens is 1. The zero-order valence-electron chi connectivity index (χ0n) is 14.5. The summed E-state index contributed by atoms with van der Waals surface area (Å²) >= 11 is 7.61. The molecule has 0 saturated carbocycles. The molecule has 0 bridgehead atoms. The third-order valence-corrected chi connectivity index (χ3v) is 5.61. The van der Waals surface area contributed by atoms with E-state index in [2.05, 4.69) is 9.97 Å². The average Bonchev–Trinajstić information content (AvgIpc) is 3.20. The zero-order chi connectivity index (χ0) is 18.6. The summed E-state index contributed by atoms with van der Waals surface area (Å²) < 4.78 is 5.99. The molecule has 0 spiro atoms. The van der Waals surface area contributed by atoms with E-state index in [0.717, 1.165) is 23.4 Å². The molecule has 0 N–H and O–H groups in total. The van der Waals surface area contributed by atoms with Crippen molar-refractivity contribution < 1.29 is 9.53 Å². The van der Waals surface area contributed by atoms with Crippen LogP contribution < -0.4 is 4.74 Å². The van der Waals surface area contributed by atoms with E-state index in [-0.39, 0.29) is 12.0 Å². The van der Waals surface area contributed by atoms with Crippen molar-refractivity contribution in [2.45, 2.75) is 18.9 Å². The SMILES string of the molecule is O=C(c1csc(-c2ccccc2)n1)N1CCCC(Oc2ccncc2Cl)C1. The number of hydrogen-bond acceptors (Lipinski definition) is 5. The van der Waals surface area contributed by atoms with Gasteiger partial charge in [0.05, 0.1) is 6.54 Å². The van der Waals surface area contributed by atoms with Gasteiger partial charge in [-0.25, -0.2) is 4.98 Å². The van der Waals surface area contributed by atoms with Crippen molar-refractivity contribution in [1.29, 1.82) is 0 Å². The molecule has 0 aliphatic carbocycles. The minimum absolute atomic E-state index is 0.0532. The normalized spacial score (nSPS) is 16.9. The molecule has 27 heavy (non-hydrogen) atoms. The number of carbonyl (C=O) groups is 1. The maximum atomic E-state index is 12.9. The highest BCUT2D eigenvalue weighted by Crippen LogP contribution is 2.27. The van der Waals surface area contributed by atoms with Gasteiger partial charge >= 0.3 is 0 Å². The number of benzene rings is 1. The van der Waals surface area contributed by atoms with Crippen molar-refractivity contribution in [3.8, 4) is 16.3 Å². The number of carbonyl (C=O) groups excluding carboxylic acids is 1. The van der Waals surface area contributed by atoms with Gasteiger partial charge in [0.1, 0.15) is 27.6 Å². The van der Waals surface area contributed by atoms with E-state index in [1.54, 1.807) is 18.5 Å². The molecule has 1 aliphatic rings. The van der Waals surface area contributed by atoms with Crippen LogP contribution in [0.5, 0.6) is 5.75 Å². The highest BCUT2D eigenvalue weighted by atomic mass is 35.5. The number of nitrogens with zero attached hydrogens (tertiary/aromatic N) is 3. The second kappa shape index (κ2) is 8.06. The van der Waals surface area contributed by atoms with Gasteiger partial charge in [-0.15, -0.1) is 11.3 Å². The molecular formula is C20H18ClN3O2S. The summed E-state index contributed by atoms with van der Waals surface area (Å²) in [6.45, 7) is 1.23. The Balaban J connectivity index is 1.44. The van der Waals surface area contributed by atoms with Crippen LogP contribution in [0.15, 0.2) is 54.2 Å². The van der Waals surface area contributed by atoms with Crippen molar-refractivity contribution in [3.05, 3.63) is 64.9 Å². The largest absolute Gasteiger partial charge is 0.487 e. The summed E-state index contributed by atoms with van der Waals surface area (Å²) in [4.78, 5) is 23.2. The third kappa shape index (κ3) is 4.12. The van der Waals surface area contributed by atoms with Crippen LogP contribution in [0.2, 0.25) is 5.02 Å². The minimum Gasteiger partial charge on any atom is -0.487 e. The predicted molar refractivity (Wildman–Crippen MR) is 106 cm³/mol. The summed E-state index contributed by atoms with van der Waals surface area (Å²) in [5.41, 5.74) is 1.51. The number of amides is 1. The van der Waals surface area contributed by atoms with Crippen molar-refractivity contribution in [2.24, 2.45) is 0 Å². The van der Waals surface area contributed by atoms with Crippen LogP contribution in [0, 0.1) is 0 Å². The average molecular weight is 400 g/mol. The molecule has 7 heteroatoms. The second-order valence-electron chi connectivity index (χ2n) is 6.34. The smallest absolute Gasteiger partial charge is 0.273 e. The highest BCUT2D eigenvalue weighted by Gasteiger charge is 2.27. The van der Waals surface area contributed by atoms with E-state index in [1.807, 2.05) is 40.6 Å². The molecular weight excluding hydrogens is 382 g/mol. The molecule has 1 fully saturated rings. The topological polar surface area (TPSA) is 55.3 Å². The van der Waals surface area contributed by atoms with E-state index >= 15 is 0 Å². The van der Waals surface area contributed by atoms with Crippen molar-refractivity contribution in [2.75, 3.05) is 13.1 Å². The second-order valence-corrected chi connectivity index (χ2v) is 7.61. The van der Waals surface area contributed by atoms with Crippen LogP contribution in [-0.2, 0) is 0 Å². The molecule has 4 rings (SSSR count). The summed E-state index contributed by atoms with van der Waals surface area (Å²) in [5, 5.41) is 3.16. The van der Waals surface area contributed by atoms with Crippen LogP contribution in [0.4, 0.5) is 0 Å². The van der Waals surface area contributed by atoms with Crippen LogP contribution in [0.1, 0.15) is 23.3 Å². The molecule has 1 saturated heterocycles. The van der Waals surface area contributed by atoms with Gasteiger partial charge in [0.25, 0.3) is 5.91 Å². The molecule has 1 amide bonds. The van der Waals surface area contributed by atoms with Crippen molar-refractivity contribution in [1.82, 2.24) is 14.9 Å².